The van der Waals surface area contributed by atoms with Gasteiger partial charge < -0.3 is 19.8 Å². The lowest BCUT2D eigenvalue weighted by atomic mass is 10.1. The SMILES string of the molecule is Nc1ncc(CN2CCC(Oc3ccc(N4c5ccccc5Sc5ccccc54)cc3)CC2)o1. The van der Waals surface area contributed by atoms with Crippen molar-refractivity contribution in [1.82, 2.24) is 9.88 Å². The first-order chi connectivity index (χ1) is 16.7. The highest BCUT2D eigenvalue weighted by Crippen LogP contribution is 2.51. The van der Waals surface area contributed by atoms with E-state index in [9.17, 15) is 0 Å². The number of anilines is 4. The minimum absolute atomic E-state index is 0.217. The average Bonchev–Trinajstić information content (AvgIpc) is 3.28. The van der Waals surface area contributed by atoms with E-state index < -0.39 is 0 Å². The first-order valence-electron chi connectivity index (χ1n) is 11.6. The van der Waals surface area contributed by atoms with Crippen molar-refractivity contribution in [3.63, 3.8) is 0 Å². The zero-order valence-electron chi connectivity index (χ0n) is 18.8. The number of benzene rings is 3. The summed E-state index contributed by atoms with van der Waals surface area (Å²) in [5.74, 6) is 1.73. The monoisotopic (exact) mass is 470 g/mol. The minimum Gasteiger partial charge on any atom is -0.490 e. The maximum atomic E-state index is 6.33. The zero-order valence-corrected chi connectivity index (χ0v) is 19.6. The van der Waals surface area contributed by atoms with E-state index in [-0.39, 0.29) is 12.1 Å². The van der Waals surface area contributed by atoms with Crippen molar-refractivity contribution >= 4 is 34.8 Å². The molecule has 0 spiro atoms. The molecule has 0 aliphatic carbocycles. The molecule has 0 bridgehead atoms. The molecular weight excluding hydrogens is 444 g/mol. The molecular formula is C27H26N4O2S. The second-order valence-corrected chi connectivity index (χ2v) is 9.71. The maximum absolute atomic E-state index is 6.33. The molecule has 6 nitrogen and oxygen atoms in total. The summed E-state index contributed by atoms with van der Waals surface area (Å²) in [6.07, 6.45) is 3.89. The summed E-state index contributed by atoms with van der Waals surface area (Å²) in [6.45, 7) is 2.66. The highest BCUT2D eigenvalue weighted by molar-refractivity contribution is 7.99. The number of para-hydroxylation sites is 2. The van der Waals surface area contributed by atoms with Crippen LogP contribution in [0.2, 0.25) is 0 Å². The molecule has 34 heavy (non-hydrogen) atoms. The van der Waals surface area contributed by atoms with Crippen molar-refractivity contribution in [1.29, 1.82) is 0 Å². The summed E-state index contributed by atoms with van der Waals surface area (Å²) in [4.78, 5) is 11.2. The van der Waals surface area contributed by atoms with E-state index in [4.69, 9.17) is 14.9 Å². The first kappa shape index (κ1) is 21.1. The van der Waals surface area contributed by atoms with Crippen molar-refractivity contribution in [2.24, 2.45) is 0 Å². The van der Waals surface area contributed by atoms with Crippen LogP contribution >= 0.6 is 11.8 Å². The molecule has 0 amide bonds. The van der Waals surface area contributed by atoms with Crippen LogP contribution in [0.25, 0.3) is 0 Å². The van der Waals surface area contributed by atoms with Gasteiger partial charge in [-0.05, 0) is 61.4 Å². The number of oxazole rings is 1. The lowest BCUT2D eigenvalue weighted by molar-refractivity contribution is 0.0931. The smallest absolute Gasteiger partial charge is 0.292 e. The van der Waals surface area contributed by atoms with Gasteiger partial charge in [0, 0.05) is 28.6 Å². The van der Waals surface area contributed by atoms with E-state index in [0.717, 1.165) is 49.7 Å². The number of fused-ring (bicyclic) bond motifs is 2. The second-order valence-electron chi connectivity index (χ2n) is 8.62. The Bertz CT molecular complexity index is 1240. The lowest BCUT2D eigenvalue weighted by Gasteiger charge is -2.33. The number of aromatic nitrogens is 1. The maximum Gasteiger partial charge on any atom is 0.292 e. The third-order valence-corrected chi connectivity index (χ3v) is 7.45. The lowest BCUT2D eigenvalue weighted by Crippen LogP contribution is -2.37. The molecule has 2 N–H and O–H groups in total. The summed E-state index contributed by atoms with van der Waals surface area (Å²) in [5.41, 5.74) is 9.13. The molecule has 7 heteroatoms. The Labute approximate surface area is 203 Å². The van der Waals surface area contributed by atoms with Crippen LogP contribution in [-0.4, -0.2) is 29.1 Å². The van der Waals surface area contributed by atoms with Crippen LogP contribution in [0.15, 0.2) is 93.2 Å². The highest BCUT2D eigenvalue weighted by Gasteiger charge is 2.25. The van der Waals surface area contributed by atoms with Gasteiger partial charge in [0.15, 0.2) is 0 Å². The molecule has 3 aromatic carbocycles. The topological polar surface area (TPSA) is 67.8 Å². The van der Waals surface area contributed by atoms with Crippen molar-refractivity contribution < 1.29 is 9.15 Å². The molecule has 172 valence electrons. The standard InChI is InChI=1S/C27H26N4O2S/c28-27-29-17-22(33-27)18-30-15-13-21(14-16-30)32-20-11-9-19(10-12-20)31-23-5-1-3-7-25(23)34-26-8-4-2-6-24(26)31/h1-12,17,21H,13-16,18H2,(H2,28,29). The van der Waals surface area contributed by atoms with Crippen LogP contribution in [0, 0.1) is 0 Å². The van der Waals surface area contributed by atoms with E-state index in [2.05, 4.69) is 87.6 Å². The van der Waals surface area contributed by atoms with Gasteiger partial charge in [-0.2, -0.15) is 0 Å². The van der Waals surface area contributed by atoms with Crippen LogP contribution in [0.1, 0.15) is 18.6 Å². The number of rotatable bonds is 5. The predicted molar refractivity (Wildman–Crippen MR) is 135 cm³/mol. The predicted octanol–water partition coefficient (Wildman–Crippen LogP) is 6.23. The second kappa shape index (κ2) is 9.08. The third-order valence-electron chi connectivity index (χ3n) is 6.32. The Kier molecular flexibility index (Phi) is 5.65. The van der Waals surface area contributed by atoms with Crippen molar-refractivity contribution in [2.45, 2.75) is 35.3 Å². The number of nitrogen functional groups attached to an aromatic ring is 1. The molecule has 0 unspecified atom stereocenters. The quantitative estimate of drug-likeness (QED) is 0.326. The fourth-order valence-corrected chi connectivity index (χ4v) is 5.71. The normalized spacial score (nSPS) is 16.2. The minimum atomic E-state index is 0.217. The molecule has 2 aliphatic rings. The van der Waals surface area contributed by atoms with Gasteiger partial charge in [0.05, 0.1) is 24.1 Å². The van der Waals surface area contributed by atoms with E-state index >= 15 is 0 Å². The number of ether oxygens (including phenoxy) is 1. The van der Waals surface area contributed by atoms with Gasteiger partial charge in [0.1, 0.15) is 17.6 Å². The van der Waals surface area contributed by atoms with Crippen LogP contribution in [0.4, 0.5) is 23.1 Å². The van der Waals surface area contributed by atoms with Crippen molar-refractivity contribution in [2.75, 3.05) is 23.7 Å². The summed E-state index contributed by atoms with van der Waals surface area (Å²) in [7, 11) is 0. The summed E-state index contributed by atoms with van der Waals surface area (Å²) >= 11 is 1.82. The fourth-order valence-electron chi connectivity index (χ4n) is 4.65. The molecule has 0 atom stereocenters. The molecule has 0 saturated carbocycles. The van der Waals surface area contributed by atoms with Gasteiger partial charge in [-0.1, -0.05) is 36.0 Å². The van der Waals surface area contributed by atoms with Crippen LogP contribution in [0.3, 0.4) is 0 Å². The Hall–Kier alpha value is -3.42. The Morgan fingerprint density at radius 1 is 0.912 bits per heavy atom. The van der Waals surface area contributed by atoms with Crippen molar-refractivity contribution in [3.8, 4) is 5.75 Å². The van der Waals surface area contributed by atoms with Gasteiger partial charge in [-0.25, -0.2) is 4.98 Å². The first-order valence-corrected chi connectivity index (χ1v) is 12.4. The third kappa shape index (κ3) is 4.24. The number of hydrogen-bond donors (Lipinski definition) is 1. The molecule has 1 aromatic heterocycles. The van der Waals surface area contributed by atoms with Gasteiger partial charge in [0.2, 0.25) is 0 Å². The van der Waals surface area contributed by atoms with Crippen LogP contribution in [0.5, 0.6) is 5.75 Å². The number of nitrogens with zero attached hydrogens (tertiary/aromatic N) is 3. The zero-order chi connectivity index (χ0) is 22.9. The van der Waals surface area contributed by atoms with E-state index in [1.165, 1.54) is 21.2 Å². The van der Waals surface area contributed by atoms with Crippen molar-refractivity contribution in [3.05, 3.63) is 84.8 Å². The number of likely N-dealkylation sites (tertiary alicyclic amines) is 1. The Morgan fingerprint density at radius 2 is 1.56 bits per heavy atom. The molecule has 6 rings (SSSR count). The summed E-state index contributed by atoms with van der Waals surface area (Å²) < 4.78 is 11.7. The molecule has 4 aromatic rings. The highest BCUT2D eigenvalue weighted by atomic mass is 32.2. The fraction of sp³-hybridized carbons (Fsp3) is 0.222. The van der Waals surface area contributed by atoms with E-state index in [0.29, 0.717) is 0 Å². The molecule has 3 heterocycles. The van der Waals surface area contributed by atoms with E-state index in [1.54, 1.807) is 6.20 Å². The van der Waals surface area contributed by atoms with Gasteiger partial charge in [-0.3, -0.25) is 4.90 Å². The molecule has 2 aliphatic heterocycles. The van der Waals surface area contributed by atoms with Crippen LogP contribution in [-0.2, 0) is 6.54 Å². The molecule has 1 saturated heterocycles. The number of hydrogen-bond acceptors (Lipinski definition) is 7. The Balaban J connectivity index is 1.13. The summed E-state index contributed by atoms with van der Waals surface area (Å²) in [5, 5.41) is 0. The largest absolute Gasteiger partial charge is 0.490 e. The van der Waals surface area contributed by atoms with Crippen LogP contribution < -0.4 is 15.4 Å². The van der Waals surface area contributed by atoms with Gasteiger partial charge in [-0.15, -0.1) is 0 Å². The van der Waals surface area contributed by atoms with Gasteiger partial charge >= 0.3 is 0 Å². The van der Waals surface area contributed by atoms with Gasteiger partial charge in [0.25, 0.3) is 6.01 Å². The number of nitrogens with two attached hydrogens (primary N) is 1. The molecule has 1 fully saturated rings. The average molecular weight is 471 g/mol. The Morgan fingerprint density at radius 3 is 2.18 bits per heavy atom. The molecule has 0 radical (unpaired) electrons. The summed E-state index contributed by atoms with van der Waals surface area (Å²) in [6, 6.07) is 25.8. The number of piperidine rings is 1. The van der Waals surface area contributed by atoms with E-state index in [1.807, 2.05) is 11.8 Å².